The van der Waals surface area contributed by atoms with Crippen molar-refractivity contribution in [1.82, 2.24) is 30.3 Å². The molecule has 0 aliphatic carbocycles. The lowest BCUT2D eigenvalue weighted by Crippen LogP contribution is -2.19. The van der Waals surface area contributed by atoms with E-state index in [1.807, 2.05) is 0 Å². The summed E-state index contributed by atoms with van der Waals surface area (Å²) in [5.41, 5.74) is -2.00. The molecule has 202 valence electrons. The highest BCUT2D eigenvalue weighted by atomic mass is 32.2. The van der Waals surface area contributed by atoms with Gasteiger partial charge in [0.05, 0.1) is 34.3 Å². The van der Waals surface area contributed by atoms with E-state index in [0.717, 1.165) is 17.8 Å². The number of hydrogen-bond donors (Lipinski definition) is 2. The fourth-order valence-electron chi connectivity index (χ4n) is 3.89. The van der Waals surface area contributed by atoms with E-state index in [1.165, 1.54) is 10.9 Å². The number of nitrogens with zero attached hydrogens (tertiary/aromatic N) is 5. The number of aromatic nitrogens is 5. The van der Waals surface area contributed by atoms with E-state index in [4.69, 9.17) is 0 Å². The highest BCUT2D eigenvalue weighted by molar-refractivity contribution is 8.18. The van der Waals surface area contributed by atoms with Gasteiger partial charge in [-0.2, -0.15) is 36.5 Å². The van der Waals surface area contributed by atoms with Crippen LogP contribution in [-0.4, -0.2) is 36.0 Å². The Morgan fingerprint density at radius 2 is 1.87 bits per heavy atom. The molecule has 0 radical (unpaired) electrons. The van der Waals surface area contributed by atoms with Crippen LogP contribution in [0.15, 0.2) is 52.5 Å². The minimum Gasteiger partial charge on any atom is -0.301 e. The molecule has 0 atom stereocenters. The number of carbonyl (C=O) groups is 1. The predicted octanol–water partition coefficient (Wildman–Crippen LogP) is 5.31. The molecule has 15 heteroatoms. The summed E-state index contributed by atoms with van der Waals surface area (Å²) >= 11 is 1.14. The van der Waals surface area contributed by atoms with Crippen molar-refractivity contribution >= 4 is 39.8 Å². The first-order valence-electron chi connectivity index (χ1n) is 11.2. The molecule has 2 aromatic carbocycles. The zero-order valence-electron chi connectivity index (χ0n) is 19.9. The Hall–Kier alpha value is -4.14. The normalized spacial score (nSPS) is 16.5. The summed E-state index contributed by atoms with van der Waals surface area (Å²) < 4.78 is 80.9. The maximum absolute atomic E-state index is 13.5. The second kappa shape index (κ2) is 9.87. The largest absolute Gasteiger partial charge is 0.416 e. The van der Waals surface area contributed by atoms with Crippen LogP contribution in [0.4, 0.5) is 26.3 Å². The number of aromatic amines is 1. The fourth-order valence-corrected chi connectivity index (χ4v) is 4.71. The first-order valence-corrected chi connectivity index (χ1v) is 12.0. The molecule has 1 aliphatic rings. The van der Waals surface area contributed by atoms with Crippen LogP contribution < -0.4 is 5.32 Å². The predicted molar refractivity (Wildman–Crippen MR) is 131 cm³/mol. The molecule has 1 saturated heterocycles. The SMILES string of the molecule is Cc1nc(CN=C2NC(=O)/C(=C/c3ccc4c(cnn4Cc4ccc(C(F)(F)F)cc4C(F)(F)F)c3)S2)n[nH]1. The quantitative estimate of drug-likeness (QED) is 0.252. The molecule has 2 aromatic heterocycles. The molecule has 0 spiro atoms. The number of amides is 1. The van der Waals surface area contributed by atoms with Gasteiger partial charge in [-0.3, -0.25) is 19.6 Å². The van der Waals surface area contributed by atoms with Gasteiger partial charge in [0.2, 0.25) is 0 Å². The summed E-state index contributed by atoms with van der Waals surface area (Å²) in [6.07, 6.45) is -6.82. The van der Waals surface area contributed by atoms with Gasteiger partial charge in [0.15, 0.2) is 11.0 Å². The minimum absolute atomic E-state index is 0.111. The van der Waals surface area contributed by atoms with Gasteiger partial charge < -0.3 is 5.32 Å². The average molecular weight is 566 g/mol. The van der Waals surface area contributed by atoms with E-state index in [0.29, 0.717) is 44.3 Å². The zero-order valence-corrected chi connectivity index (χ0v) is 20.7. The Morgan fingerprint density at radius 3 is 2.56 bits per heavy atom. The van der Waals surface area contributed by atoms with Crippen LogP contribution in [-0.2, 0) is 30.2 Å². The van der Waals surface area contributed by atoms with Crippen molar-refractivity contribution in [2.75, 3.05) is 0 Å². The first kappa shape index (κ1) is 26.5. The number of fused-ring (bicyclic) bond motifs is 1. The van der Waals surface area contributed by atoms with Crippen LogP contribution in [0.3, 0.4) is 0 Å². The van der Waals surface area contributed by atoms with Gasteiger partial charge in [0, 0.05) is 5.39 Å². The number of thioether (sulfide) groups is 1. The maximum atomic E-state index is 13.5. The molecule has 0 unspecified atom stereocenters. The van der Waals surface area contributed by atoms with Gasteiger partial charge in [0.1, 0.15) is 12.4 Å². The second-order valence-electron chi connectivity index (χ2n) is 8.51. The van der Waals surface area contributed by atoms with Gasteiger partial charge in [-0.1, -0.05) is 12.1 Å². The third-order valence-electron chi connectivity index (χ3n) is 5.68. The molecule has 1 fully saturated rings. The van der Waals surface area contributed by atoms with Crippen LogP contribution in [0, 0.1) is 6.92 Å². The Kier molecular flexibility index (Phi) is 6.70. The van der Waals surface area contributed by atoms with Crippen molar-refractivity contribution < 1.29 is 31.1 Å². The number of H-pyrrole nitrogens is 1. The van der Waals surface area contributed by atoms with Gasteiger partial charge in [-0.15, -0.1) is 0 Å². The molecular formula is C24H17F6N7OS. The Balaban J connectivity index is 1.36. The number of rotatable bonds is 5. The summed E-state index contributed by atoms with van der Waals surface area (Å²) in [5.74, 6) is 0.781. The van der Waals surface area contributed by atoms with Gasteiger partial charge in [0.25, 0.3) is 5.91 Å². The van der Waals surface area contributed by atoms with E-state index in [2.05, 4.69) is 30.6 Å². The van der Waals surface area contributed by atoms with Gasteiger partial charge >= 0.3 is 12.4 Å². The van der Waals surface area contributed by atoms with Crippen LogP contribution >= 0.6 is 11.8 Å². The van der Waals surface area contributed by atoms with Gasteiger partial charge in [-0.05, 0) is 60.2 Å². The number of hydrogen-bond acceptors (Lipinski definition) is 6. The molecule has 5 rings (SSSR count). The monoisotopic (exact) mass is 565 g/mol. The molecule has 0 bridgehead atoms. The molecule has 8 nitrogen and oxygen atoms in total. The van der Waals surface area contributed by atoms with E-state index < -0.39 is 23.5 Å². The van der Waals surface area contributed by atoms with Crippen LogP contribution in [0.1, 0.15) is 33.9 Å². The molecular weight excluding hydrogens is 548 g/mol. The standard InChI is InChI=1S/C24H17F6N7OS/c1-12-33-20(36-35-12)10-31-22-34-21(38)19(39-22)7-13-2-5-18-15(6-13)9-32-37(18)11-14-3-4-16(23(25,26)27)8-17(14)24(28,29)30/h2-9H,10-11H2,1H3,(H,31,34,38)(H,33,35,36)/b19-7-. The summed E-state index contributed by atoms with van der Waals surface area (Å²) in [6.45, 7) is 1.55. The lowest BCUT2D eigenvalue weighted by atomic mass is 10.0. The number of alkyl halides is 6. The van der Waals surface area contributed by atoms with E-state index in [9.17, 15) is 31.1 Å². The lowest BCUT2D eigenvalue weighted by Gasteiger charge is -2.16. The third-order valence-corrected chi connectivity index (χ3v) is 6.63. The smallest absolute Gasteiger partial charge is 0.301 e. The first-order chi connectivity index (χ1) is 18.4. The van der Waals surface area contributed by atoms with Crippen molar-refractivity contribution in [1.29, 1.82) is 0 Å². The topological polar surface area (TPSA) is 101 Å². The summed E-state index contributed by atoms with van der Waals surface area (Å²) in [6, 6.07) is 6.52. The van der Waals surface area contributed by atoms with E-state index >= 15 is 0 Å². The number of halogens is 6. The zero-order chi connectivity index (χ0) is 27.9. The van der Waals surface area contributed by atoms with Gasteiger partial charge in [-0.25, -0.2) is 4.98 Å². The number of aliphatic imine (C=N–C) groups is 1. The average Bonchev–Trinajstić information content (AvgIpc) is 3.55. The number of amidine groups is 1. The highest BCUT2D eigenvalue weighted by Crippen LogP contribution is 2.38. The second-order valence-corrected chi connectivity index (χ2v) is 9.54. The van der Waals surface area contributed by atoms with Crippen molar-refractivity contribution in [3.8, 4) is 0 Å². The van der Waals surface area contributed by atoms with Crippen molar-refractivity contribution in [2.45, 2.75) is 32.4 Å². The molecule has 4 aromatic rings. The molecule has 1 amide bonds. The summed E-state index contributed by atoms with van der Waals surface area (Å²) in [7, 11) is 0. The molecule has 2 N–H and O–H groups in total. The van der Waals surface area contributed by atoms with Crippen molar-refractivity contribution in [3.63, 3.8) is 0 Å². The fraction of sp³-hybridized carbons (Fsp3) is 0.208. The van der Waals surface area contributed by atoms with Crippen molar-refractivity contribution in [3.05, 3.63) is 81.4 Å². The van der Waals surface area contributed by atoms with Crippen LogP contribution in [0.2, 0.25) is 0 Å². The molecule has 0 saturated carbocycles. The Labute approximate surface area is 220 Å². The van der Waals surface area contributed by atoms with Crippen LogP contribution in [0.25, 0.3) is 17.0 Å². The number of carbonyl (C=O) groups excluding carboxylic acids is 1. The lowest BCUT2D eigenvalue weighted by molar-refractivity contribution is -0.143. The Morgan fingerprint density at radius 1 is 1.08 bits per heavy atom. The summed E-state index contributed by atoms with van der Waals surface area (Å²) in [5, 5.41) is 14.4. The van der Waals surface area contributed by atoms with Crippen LogP contribution in [0.5, 0.6) is 0 Å². The highest BCUT2D eigenvalue weighted by Gasteiger charge is 2.38. The third kappa shape index (κ3) is 5.82. The molecule has 1 aliphatic heterocycles. The van der Waals surface area contributed by atoms with Crippen molar-refractivity contribution in [2.24, 2.45) is 4.99 Å². The molecule has 39 heavy (non-hydrogen) atoms. The van der Waals surface area contributed by atoms with E-state index in [-0.39, 0.29) is 30.6 Å². The number of benzene rings is 2. The van der Waals surface area contributed by atoms with E-state index in [1.54, 1.807) is 31.2 Å². The number of nitrogens with one attached hydrogen (secondary N) is 2. The minimum atomic E-state index is -4.98. The molecule has 3 heterocycles. The summed E-state index contributed by atoms with van der Waals surface area (Å²) in [4.78, 5) is 21.2. The Bertz CT molecular complexity index is 1630. The maximum Gasteiger partial charge on any atom is 0.416 e. The number of aryl methyl sites for hydroxylation is 1.